The van der Waals surface area contributed by atoms with Crippen molar-refractivity contribution in [2.75, 3.05) is 0 Å². The van der Waals surface area contributed by atoms with Gasteiger partial charge in [-0.3, -0.25) is 4.57 Å². The fourth-order valence-electron chi connectivity index (χ4n) is 10.5. The number of hydrogen-bond acceptors (Lipinski definition) is 4. The largest absolute Gasteiger partial charge is 0.452 e. The number of para-hydroxylation sites is 2. The summed E-state index contributed by atoms with van der Waals surface area (Å²) in [5.74, 6) is 1.65. The van der Waals surface area contributed by atoms with Crippen molar-refractivity contribution in [3.05, 3.63) is 237 Å². The Labute approximate surface area is 396 Å². The van der Waals surface area contributed by atoms with E-state index in [4.69, 9.17) is 19.4 Å². The van der Waals surface area contributed by atoms with Crippen molar-refractivity contribution in [1.29, 1.82) is 0 Å². The van der Waals surface area contributed by atoms with E-state index in [-0.39, 0.29) is 0 Å². The van der Waals surface area contributed by atoms with Crippen LogP contribution in [0.15, 0.2) is 241 Å². The van der Waals surface area contributed by atoms with E-state index in [0.717, 1.165) is 105 Å². The minimum absolute atomic E-state index is 0.498. The van der Waals surface area contributed by atoms with Crippen LogP contribution in [0.25, 0.3) is 133 Å². The van der Waals surface area contributed by atoms with Gasteiger partial charge in [-0.1, -0.05) is 200 Å². The summed E-state index contributed by atoms with van der Waals surface area (Å²) < 4.78 is 12.0. The molecule has 0 aliphatic rings. The molecular formula is C63H39N5O. The number of nitrogens with zero attached hydrogens (tertiary/aromatic N) is 5. The molecule has 0 N–H and O–H groups in total. The smallest absolute Gasteiger partial charge is 0.238 e. The Bertz CT molecular complexity index is 4180. The van der Waals surface area contributed by atoms with Gasteiger partial charge in [0.25, 0.3) is 0 Å². The van der Waals surface area contributed by atoms with Crippen molar-refractivity contribution in [2.24, 2.45) is 0 Å². The first kappa shape index (κ1) is 38.8. The SMILES string of the molecule is c1ccc(-c2ccc(-n3c4ccccc4c4ccc5c6ccc7c8ccccc8n(-c8nc(-c9ccccc9-c9ccccc9)nc(-c9ccccc9-c9ccccc9)n8)c7c6oc5c43)cc2)cc1. The molecule has 6 heteroatoms. The van der Waals surface area contributed by atoms with E-state index in [9.17, 15) is 0 Å². The van der Waals surface area contributed by atoms with Crippen LogP contribution in [0, 0.1) is 0 Å². The van der Waals surface area contributed by atoms with Gasteiger partial charge in [-0.05, 0) is 69.8 Å². The van der Waals surface area contributed by atoms with E-state index in [0.29, 0.717) is 17.6 Å². The molecule has 14 aromatic rings. The zero-order valence-electron chi connectivity index (χ0n) is 37.2. The summed E-state index contributed by atoms with van der Waals surface area (Å²) in [4.78, 5) is 16.3. The van der Waals surface area contributed by atoms with Crippen LogP contribution in [0.4, 0.5) is 0 Å². The third-order valence-corrected chi connectivity index (χ3v) is 13.6. The summed E-state index contributed by atoms with van der Waals surface area (Å²) in [5.41, 5.74) is 15.0. The Morgan fingerprint density at radius 2 is 0.667 bits per heavy atom. The fourth-order valence-corrected chi connectivity index (χ4v) is 10.5. The number of furan rings is 1. The second kappa shape index (κ2) is 15.6. The summed E-state index contributed by atoms with van der Waals surface area (Å²) in [5, 5.41) is 6.46. The molecule has 0 spiro atoms. The standard InChI is InChI=1S/C63H39N5O/c1-4-18-40(19-5-1)41-32-34-44(35-33-41)67-55-30-16-14-26-47(55)49-36-38-51-52-39-37-50-48-27-15-17-31-56(48)68(58(50)60(52)69-59(51)57(49)67)63-65-61(53-28-12-10-24-45(53)42-20-6-2-7-21-42)64-62(66-63)54-29-13-11-25-46(54)43-22-8-3-9-23-43/h1-39H. The number of aromatic nitrogens is 5. The Kier molecular flexibility index (Phi) is 8.79. The van der Waals surface area contributed by atoms with Gasteiger partial charge in [0.05, 0.1) is 16.6 Å². The Hall–Kier alpha value is -9.39. The van der Waals surface area contributed by atoms with Crippen molar-refractivity contribution in [3.8, 4) is 67.8 Å². The molecule has 10 aromatic carbocycles. The molecule has 4 aromatic heterocycles. The first-order valence-corrected chi connectivity index (χ1v) is 23.3. The van der Waals surface area contributed by atoms with Crippen LogP contribution in [0.1, 0.15) is 0 Å². The lowest BCUT2D eigenvalue weighted by molar-refractivity contribution is 0.673. The van der Waals surface area contributed by atoms with Crippen LogP contribution in [0.2, 0.25) is 0 Å². The normalized spacial score (nSPS) is 11.8. The highest BCUT2D eigenvalue weighted by molar-refractivity contribution is 6.26. The summed E-state index contributed by atoms with van der Waals surface area (Å²) in [6.07, 6.45) is 0. The van der Waals surface area contributed by atoms with E-state index in [2.05, 4.69) is 234 Å². The Morgan fingerprint density at radius 3 is 1.19 bits per heavy atom. The molecule has 0 fully saturated rings. The van der Waals surface area contributed by atoms with Crippen LogP contribution < -0.4 is 0 Å². The number of rotatable bonds is 7. The van der Waals surface area contributed by atoms with E-state index < -0.39 is 0 Å². The van der Waals surface area contributed by atoms with Crippen LogP contribution in [0.5, 0.6) is 0 Å². The topological polar surface area (TPSA) is 61.7 Å². The lowest BCUT2D eigenvalue weighted by atomic mass is 9.98. The molecule has 0 aliphatic carbocycles. The van der Waals surface area contributed by atoms with Crippen molar-refractivity contribution in [2.45, 2.75) is 0 Å². The first-order chi connectivity index (χ1) is 34.2. The Morgan fingerprint density at radius 1 is 0.275 bits per heavy atom. The molecule has 0 saturated carbocycles. The van der Waals surface area contributed by atoms with Gasteiger partial charge >= 0.3 is 0 Å². The highest BCUT2D eigenvalue weighted by Gasteiger charge is 2.25. The van der Waals surface area contributed by atoms with Gasteiger partial charge in [0.2, 0.25) is 5.95 Å². The maximum Gasteiger partial charge on any atom is 0.238 e. The highest BCUT2D eigenvalue weighted by Crippen LogP contribution is 2.45. The van der Waals surface area contributed by atoms with E-state index in [1.54, 1.807) is 0 Å². The van der Waals surface area contributed by atoms with E-state index in [1.807, 2.05) is 12.1 Å². The second-order valence-corrected chi connectivity index (χ2v) is 17.5. The third-order valence-electron chi connectivity index (χ3n) is 13.6. The lowest BCUT2D eigenvalue weighted by Gasteiger charge is -2.15. The molecule has 322 valence electrons. The minimum Gasteiger partial charge on any atom is -0.452 e. The van der Waals surface area contributed by atoms with Crippen LogP contribution >= 0.6 is 0 Å². The molecule has 0 amide bonds. The van der Waals surface area contributed by atoms with Gasteiger partial charge in [-0.25, -0.2) is 4.98 Å². The van der Waals surface area contributed by atoms with Crippen molar-refractivity contribution in [1.82, 2.24) is 24.1 Å². The Balaban J connectivity index is 1.06. The maximum absolute atomic E-state index is 7.43. The highest BCUT2D eigenvalue weighted by atomic mass is 16.3. The zero-order chi connectivity index (χ0) is 45.4. The molecule has 0 saturated heterocycles. The van der Waals surface area contributed by atoms with E-state index >= 15 is 0 Å². The van der Waals surface area contributed by atoms with Gasteiger partial charge in [0.1, 0.15) is 5.52 Å². The minimum atomic E-state index is 0.498. The molecule has 0 unspecified atom stereocenters. The number of hydrogen-bond donors (Lipinski definition) is 0. The summed E-state index contributed by atoms with van der Waals surface area (Å²) >= 11 is 0. The molecule has 0 bridgehead atoms. The molecule has 0 atom stereocenters. The second-order valence-electron chi connectivity index (χ2n) is 17.5. The summed E-state index contributed by atoms with van der Waals surface area (Å²) in [6, 6.07) is 83.1. The van der Waals surface area contributed by atoms with Crippen LogP contribution in [-0.2, 0) is 0 Å². The molecular weight excluding hydrogens is 843 g/mol. The van der Waals surface area contributed by atoms with E-state index in [1.165, 1.54) is 11.1 Å². The summed E-state index contributed by atoms with van der Waals surface area (Å²) in [6.45, 7) is 0. The molecule has 0 aliphatic heterocycles. The summed E-state index contributed by atoms with van der Waals surface area (Å²) in [7, 11) is 0. The molecule has 4 heterocycles. The van der Waals surface area contributed by atoms with Gasteiger partial charge in [0, 0.05) is 49.1 Å². The molecule has 14 rings (SSSR count). The predicted octanol–water partition coefficient (Wildman–Crippen LogP) is 16.3. The molecule has 69 heavy (non-hydrogen) atoms. The van der Waals surface area contributed by atoms with Crippen LogP contribution in [-0.4, -0.2) is 24.1 Å². The van der Waals surface area contributed by atoms with Gasteiger partial charge < -0.3 is 8.98 Å². The number of benzene rings is 10. The van der Waals surface area contributed by atoms with Crippen molar-refractivity contribution in [3.63, 3.8) is 0 Å². The predicted molar refractivity (Wildman–Crippen MR) is 283 cm³/mol. The van der Waals surface area contributed by atoms with Crippen molar-refractivity contribution >= 4 is 65.6 Å². The van der Waals surface area contributed by atoms with Gasteiger partial charge in [-0.2, -0.15) is 9.97 Å². The quantitative estimate of drug-likeness (QED) is 0.160. The average molecular weight is 882 g/mol. The zero-order valence-corrected chi connectivity index (χ0v) is 37.2. The third kappa shape index (κ3) is 6.16. The van der Waals surface area contributed by atoms with Crippen molar-refractivity contribution < 1.29 is 4.42 Å². The van der Waals surface area contributed by atoms with Crippen LogP contribution in [0.3, 0.4) is 0 Å². The average Bonchev–Trinajstić information content (AvgIpc) is 4.10. The fraction of sp³-hybridized carbons (Fsp3) is 0. The molecule has 0 radical (unpaired) electrons. The molecule has 6 nitrogen and oxygen atoms in total. The number of fused-ring (bicyclic) bond motifs is 11. The first-order valence-electron chi connectivity index (χ1n) is 23.3. The van der Waals surface area contributed by atoms with Gasteiger partial charge in [-0.15, -0.1) is 0 Å². The monoisotopic (exact) mass is 881 g/mol. The van der Waals surface area contributed by atoms with Gasteiger partial charge in [0.15, 0.2) is 22.8 Å². The maximum atomic E-state index is 7.43. The lowest BCUT2D eigenvalue weighted by Crippen LogP contribution is -2.07.